The van der Waals surface area contributed by atoms with Crippen LogP contribution in [0.15, 0.2) is 12.1 Å². The summed E-state index contributed by atoms with van der Waals surface area (Å²) in [6, 6.07) is 3.10. The number of esters is 1. The number of hydrogen-bond acceptors (Lipinski definition) is 5. The minimum Gasteiger partial charge on any atom is -0.493 e. The molecule has 0 saturated heterocycles. The van der Waals surface area contributed by atoms with Gasteiger partial charge in [0.05, 0.1) is 32.6 Å². The van der Waals surface area contributed by atoms with E-state index in [0.29, 0.717) is 29.5 Å². The minimum atomic E-state index is -0.538. The molecule has 1 aliphatic rings. The maximum absolute atomic E-state index is 12.3. The first-order chi connectivity index (χ1) is 12.1. The molecule has 0 unspecified atom stereocenters. The number of amides is 1. The van der Waals surface area contributed by atoms with Crippen molar-refractivity contribution in [2.75, 3.05) is 26.6 Å². The number of carbonyl (C=O) groups excluding carboxylic acids is 2. The molecule has 1 amide bonds. The van der Waals surface area contributed by atoms with Crippen LogP contribution in [-0.2, 0) is 9.53 Å². The van der Waals surface area contributed by atoms with E-state index in [4.69, 9.17) is 14.2 Å². The summed E-state index contributed by atoms with van der Waals surface area (Å²) in [5.41, 5.74) is 0.615. The second-order valence-electron chi connectivity index (χ2n) is 6.34. The van der Waals surface area contributed by atoms with Gasteiger partial charge in [0, 0.05) is 18.6 Å². The highest BCUT2D eigenvalue weighted by Crippen LogP contribution is 2.34. The molecule has 0 atom stereocenters. The summed E-state index contributed by atoms with van der Waals surface area (Å²) in [6.07, 6.45) is 7.56. The monoisotopic (exact) mass is 349 g/mol. The van der Waals surface area contributed by atoms with E-state index >= 15 is 0 Å². The molecule has 0 heterocycles. The van der Waals surface area contributed by atoms with E-state index in [2.05, 4.69) is 5.32 Å². The molecule has 0 aliphatic heterocycles. The number of rotatable bonds is 7. The highest BCUT2D eigenvalue weighted by molar-refractivity contribution is 6.02. The maximum Gasteiger partial charge on any atom is 0.340 e. The van der Waals surface area contributed by atoms with Crippen LogP contribution < -0.4 is 14.8 Å². The van der Waals surface area contributed by atoms with E-state index in [-0.39, 0.29) is 11.5 Å². The van der Waals surface area contributed by atoms with Gasteiger partial charge in [-0.25, -0.2) is 4.79 Å². The van der Waals surface area contributed by atoms with Crippen molar-refractivity contribution in [3.63, 3.8) is 0 Å². The summed E-state index contributed by atoms with van der Waals surface area (Å²) in [4.78, 5) is 24.4. The fraction of sp³-hybridized carbons (Fsp3) is 0.579. The van der Waals surface area contributed by atoms with Gasteiger partial charge in [-0.2, -0.15) is 0 Å². The summed E-state index contributed by atoms with van der Waals surface area (Å²) in [5.74, 6) is 0.831. The van der Waals surface area contributed by atoms with Crippen molar-refractivity contribution in [3.05, 3.63) is 17.7 Å². The highest BCUT2D eigenvalue weighted by Gasteiger charge is 2.20. The summed E-state index contributed by atoms with van der Waals surface area (Å²) >= 11 is 0. The molecule has 0 spiro atoms. The van der Waals surface area contributed by atoms with Crippen LogP contribution in [-0.4, -0.2) is 33.2 Å². The molecule has 1 N–H and O–H groups in total. The van der Waals surface area contributed by atoms with Crippen molar-refractivity contribution >= 4 is 17.6 Å². The van der Waals surface area contributed by atoms with Crippen molar-refractivity contribution in [1.82, 2.24) is 0 Å². The predicted molar refractivity (Wildman–Crippen MR) is 95.3 cm³/mol. The Morgan fingerprint density at radius 1 is 1.04 bits per heavy atom. The largest absolute Gasteiger partial charge is 0.493 e. The van der Waals surface area contributed by atoms with Gasteiger partial charge in [-0.05, 0) is 12.3 Å². The molecule has 0 aromatic heterocycles. The van der Waals surface area contributed by atoms with Crippen LogP contribution in [0.1, 0.15) is 55.3 Å². The molecular weight excluding hydrogens is 322 g/mol. The smallest absolute Gasteiger partial charge is 0.340 e. The van der Waals surface area contributed by atoms with E-state index in [1.807, 2.05) is 0 Å². The molecule has 1 aromatic carbocycles. The predicted octanol–water partition coefficient (Wildman–Crippen LogP) is 3.79. The lowest BCUT2D eigenvalue weighted by molar-refractivity contribution is -0.116. The van der Waals surface area contributed by atoms with Gasteiger partial charge in [-0.3, -0.25) is 4.79 Å². The maximum atomic E-state index is 12.3. The fourth-order valence-electron chi connectivity index (χ4n) is 3.28. The van der Waals surface area contributed by atoms with E-state index in [9.17, 15) is 9.59 Å². The average molecular weight is 349 g/mol. The average Bonchev–Trinajstić information content (AvgIpc) is 2.66. The molecule has 0 bridgehead atoms. The quantitative estimate of drug-likeness (QED) is 0.758. The number of ether oxygens (including phenoxy) is 3. The molecular formula is C19H27NO5. The molecule has 138 valence electrons. The van der Waals surface area contributed by atoms with Gasteiger partial charge < -0.3 is 19.5 Å². The molecule has 1 fully saturated rings. The molecule has 1 aliphatic carbocycles. The minimum absolute atomic E-state index is 0.108. The normalized spacial score (nSPS) is 14.7. The molecule has 1 saturated carbocycles. The zero-order chi connectivity index (χ0) is 18.2. The van der Waals surface area contributed by atoms with Gasteiger partial charge in [0.1, 0.15) is 0 Å². The summed E-state index contributed by atoms with van der Waals surface area (Å²) in [5, 5.41) is 2.82. The second kappa shape index (κ2) is 9.30. The van der Waals surface area contributed by atoms with Gasteiger partial charge in [0.2, 0.25) is 5.91 Å². The molecule has 6 nitrogen and oxygen atoms in total. The Balaban J connectivity index is 2.10. The lowest BCUT2D eigenvalue weighted by Gasteiger charge is -2.21. The lowest BCUT2D eigenvalue weighted by atomic mass is 9.86. The summed E-state index contributed by atoms with van der Waals surface area (Å²) < 4.78 is 15.3. The number of methoxy groups -OCH3 is 3. The number of nitrogens with one attached hydrogen (secondary N) is 1. The number of anilines is 1. The van der Waals surface area contributed by atoms with E-state index < -0.39 is 5.97 Å². The third kappa shape index (κ3) is 5.11. The summed E-state index contributed by atoms with van der Waals surface area (Å²) in [6.45, 7) is 0. The van der Waals surface area contributed by atoms with Crippen molar-refractivity contribution in [1.29, 1.82) is 0 Å². The highest BCUT2D eigenvalue weighted by atomic mass is 16.5. The summed E-state index contributed by atoms with van der Waals surface area (Å²) in [7, 11) is 4.29. The van der Waals surface area contributed by atoms with Crippen LogP contribution in [0.25, 0.3) is 0 Å². The van der Waals surface area contributed by atoms with Crippen molar-refractivity contribution in [2.45, 2.75) is 44.9 Å². The third-order valence-electron chi connectivity index (χ3n) is 4.71. The number of benzene rings is 1. The van der Waals surface area contributed by atoms with Crippen LogP contribution in [0.3, 0.4) is 0 Å². The molecule has 2 rings (SSSR count). The lowest BCUT2D eigenvalue weighted by Crippen LogP contribution is -2.17. The van der Waals surface area contributed by atoms with Crippen molar-refractivity contribution < 1.29 is 23.8 Å². The van der Waals surface area contributed by atoms with E-state index in [0.717, 1.165) is 6.42 Å². The fourth-order valence-corrected chi connectivity index (χ4v) is 3.28. The van der Waals surface area contributed by atoms with E-state index in [1.165, 1.54) is 59.5 Å². The Bertz CT molecular complexity index is 608. The molecule has 6 heteroatoms. The Hall–Kier alpha value is -2.24. The van der Waals surface area contributed by atoms with Crippen LogP contribution in [0.4, 0.5) is 5.69 Å². The Labute approximate surface area is 148 Å². The number of hydrogen-bond donors (Lipinski definition) is 1. The Kier molecular flexibility index (Phi) is 7.10. The first kappa shape index (κ1) is 19.1. The van der Waals surface area contributed by atoms with Gasteiger partial charge in [0.25, 0.3) is 0 Å². The van der Waals surface area contributed by atoms with E-state index in [1.54, 1.807) is 6.07 Å². The van der Waals surface area contributed by atoms with Gasteiger partial charge in [0.15, 0.2) is 11.5 Å². The molecule has 0 radical (unpaired) electrons. The molecule has 1 aromatic rings. The van der Waals surface area contributed by atoms with Gasteiger partial charge in [-0.1, -0.05) is 32.1 Å². The second-order valence-corrected chi connectivity index (χ2v) is 6.34. The Morgan fingerprint density at radius 2 is 1.68 bits per heavy atom. The Morgan fingerprint density at radius 3 is 2.28 bits per heavy atom. The first-order valence-corrected chi connectivity index (χ1v) is 8.73. The third-order valence-corrected chi connectivity index (χ3v) is 4.71. The standard InChI is InChI=1S/C19H27NO5/c1-23-16-11-14(19(22)25-3)15(12-17(16)24-2)20-18(21)10-9-13-7-5-4-6-8-13/h11-13H,4-10H2,1-3H3,(H,20,21). The van der Waals surface area contributed by atoms with Crippen LogP contribution >= 0.6 is 0 Å². The van der Waals surface area contributed by atoms with Gasteiger partial charge in [-0.15, -0.1) is 0 Å². The van der Waals surface area contributed by atoms with Crippen molar-refractivity contribution in [2.24, 2.45) is 5.92 Å². The zero-order valence-electron chi connectivity index (χ0n) is 15.2. The molecule has 25 heavy (non-hydrogen) atoms. The SMILES string of the molecule is COC(=O)c1cc(OC)c(OC)cc1NC(=O)CCC1CCCCC1. The van der Waals surface area contributed by atoms with Gasteiger partial charge >= 0.3 is 5.97 Å². The number of carbonyl (C=O) groups is 2. The van der Waals surface area contributed by atoms with Crippen molar-refractivity contribution in [3.8, 4) is 11.5 Å². The zero-order valence-corrected chi connectivity index (χ0v) is 15.2. The van der Waals surface area contributed by atoms with Crippen LogP contribution in [0, 0.1) is 5.92 Å². The topological polar surface area (TPSA) is 73.9 Å². The first-order valence-electron chi connectivity index (χ1n) is 8.73. The van der Waals surface area contributed by atoms with Crippen LogP contribution in [0.5, 0.6) is 11.5 Å². The van der Waals surface area contributed by atoms with Crippen LogP contribution in [0.2, 0.25) is 0 Å².